The van der Waals surface area contributed by atoms with Gasteiger partial charge in [0.2, 0.25) is 6.29 Å². The average molecular weight is 113 g/mol. The van der Waals surface area contributed by atoms with Gasteiger partial charge in [-0.15, -0.1) is 0 Å². The Balaban J connectivity index is 3.48. The lowest BCUT2D eigenvalue weighted by Crippen LogP contribution is -2.06. The Morgan fingerprint density at radius 2 is 2.12 bits per heavy atom. The second-order valence-electron chi connectivity index (χ2n) is 1.94. The number of carbonyl (C=O) groups excluding carboxylic acids is 2. The summed E-state index contributed by atoms with van der Waals surface area (Å²) in [5.41, 5.74) is 0. The molecule has 0 aliphatic rings. The lowest BCUT2D eigenvalue weighted by molar-refractivity contribution is -0.120. The molecule has 1 radical (unpaired) electrons. The van der Waals surface area contributed by atoms with Gasteiger partial charge in [0.05, 0.1) is 6.42 Å². The molecule has 0 heterocycles. The van der Waals surface area contributed by atoms with Crippen LogP contribution in [0.2, 0.25) is 0 Å². The molecule has 0 fully saturated rings. The van der Waals surface area contributed by atoms with Crippen LogP contribution in [0.5, 0.6) is 0 Å². The van der Waals surface area contributed by atoms with Crippen LogP contribution in [0.1, 0.15) is 20.3 Å². The van der Waals surface area contributed by atoms with Crippen LogP contribution in [-0.4, -0.2) is 12.1 Å². The molecule has 0 aromatic rings. The summed E-state index contributed by atoms with van der Waals surface area (Å²) in [6, 6.07) is 0. The van der Waals surface area contributed by atoms with Crippen molar-refractivity contribution in [2.24, 2.45) is 5.92 Å². The quantitative estimate of drug-likeness (QED) is 0.505. The standard InChI is InChI=1S/C6H9O2/c1-5(2)6(8)3-4-7/h5H,3H2,1-2H3. The van der Waals surface area contributed by atoms with Crippen LogP contribution in [0.25, 0.3) is 0 Å². The monoisotopic (exact) mass is 113 g/mol. The van der Waals surface area contributed by atoms with Gasteiger partial charge in [-0.2, -0.15) is 0 Å². The molecule has 0 amide bonds. The minimum Gasteiger partial charge on any atom is -0.299 e. The first-order chi connectivity index (χ1) is 3.68. The molecule has 45 valence electrons. The van der Waals surface area contributed by atoms with Gasteiger partial charge >= 0.3 is 0 Å². The van der Waals surface area contributed by atoms with E-state index in [-0.39, 0.29) is 18.1 Å². The lowest BCUT2D eigenvalue weighted by atomic mass is 10.1. The van der Waals surface area contributed by atoms with Crippen LogP contribution < -0.4 is 0 Å². The molecular formula is C6H9O2. The van der Waals surface area contributed by atoms with Crippen molar-refractivity contribution in [3.63, 3.8) is 0 Å². The van der Waals surface area contributed by atoms with Crippen LogP contribution in [-0.2, 0) is 9.59 Å². The SMILES string of the molecule is CC(C)C(=O)C[C]=O. The van der Waals surface area contributed by atoms with Crippen LogP contribution in [0.3, 0.4) is 0 Å². The highest BCUT2D eigenvalue weighted by atomic mass is 16.1. The topological polar surface area (TPSA) is 34.1 Å². The number of rotatable bonds is 3. The summed E-state index contributed by atoms with van der Waals surface area (Å²) >= 11 is 0. The van der Waals surface area contributed by atoms with Gasteiger partial charge in [-0.05, 0) is 0 Å². The number of ketones is 1. The first-order valence-electron chi connectivity index (χ1n) is 2.56. The second kappa shape index (κ2) is 3.36. The largest absolute Gasteiger partial charge is 0.299 e. The molecular weight excluding hydrogens is 104 g/mol. The number of hydrogen-bond donors (Lipinski definition) is 0. The summed E-state index contributed by atoms with van der Waals surface area (Å²) < 4.78 is 0. The van der Waals surface area contributed by atoms with Gasteiger partial charge in [-0.25, -0.2) is 0 Å². The van der Waals surface area contributed by atoms with Crippen molar-refractivity contribution in [2.45, 2.75) is 20.3 Å². The Morgan fingerprint density at radius 3 is 2.25 bits per heavy atom. The van der Waals surface area contributed by atoms with E-state index < -0.39 is 0 Å². The van der Waals surface area contributed by atoms with E-state index in [0.717, 1.165) is 0 Å². The first-order valence-corrected chi connectivity index (χ1v) is 2.56. The molecule has 0 aliphatic carbocycles. The molecule has 0 atom stereocenters. The Labute approximate surface area is 48.9 Å². The predicted octanol–water partition coefficient (Wildman–Crippen LogP) is 0.711. The Hall–Kier alpha value is -0.660. The van der Waals surface area contributed by atoms with E-state index in [9.17, 15) is 9.59 Å². The smallest absolute Gasteiger partial charge is 0.206 e. The molecule has 0 aromatic heterocycles. The summed E-state index contributed by atoms with van der Waals surface area (Å²) in [6.45, 7) is 3.53. The second-order valence-corrected chi connectivity index (χ2v) is 1.94. The normalized spacial score (nSPS) is 9.38. The first kappa shape index (κ1) is 7.34. The van der Waals surface area contributed by atoms with Crippen LogP contribution >= 0.6 is 0 Å². The molecule has 0 N–H and O–H groups in total. The van der Waals surface area contributed by atoms with Crippen LogP contribution in [0, 0.1) is 5.92 Å². The summed E-state index contributed by atoms with van der Waals surface area (Å²) in [4.78, 5) is 20.1. The Kier molecular flexibility index (Phi) is 3.08. The fraction of sp³-hybridized carbons (Fsp3) is 0.667. The van der Waals surface area contributed by atoms with Gasteiger partial charge in [0.25, 0.3) is 0 Å². The summed E-state index contributed by atoms with van der Waals surface area (Å²) in [5, 5.41) is 0. The fourth-order valence-corrected chi connectivity index (χ4v) is 0.275. The highest BCUT2D eigenvalue weighted by Crippen LogP contribution is 1.94. The molecule has 0 saturated carbocycles. The molecule has 0 rings (SSSR count). The van der Waals surface area contributed by atoms with Gasteiger partial charge in [0.15, 0.2) is 0 Å². The van der Waals surface area contributed by atoms with Gasteiger partial charge in [-0.3, -0.25) is 9.59 Å². The van der Waals surface area contributed by atoms with Crippen LogP contribution in [0.4, 0.5) is 0 Å². The van der Waals surface area contributed by atoms with Crippen molar-refractivity contribution in [3.8, 4) is 0 Å². The zero-order valence-electron chi connectivity index (χ0n) is 5.10. The van der Waals surface area contributed by atoms with Crippen molar-refractivity contribution in [1.82, 2.24) is 0 Å². The minimum absolute atomic E-state index is 0.0311. The van der Waals surface area contributed by atoms with Crippen molar-refractivity contribution < 1.29 is 9.59 Å². The summed E-state index contributed by atoms with van der Waals surface area (Å²) in [5.74, 6) is -0.0727. The lowest BCUT2D eigenvalue weighted by Gasteiger charge is -1.95. The van der Waals surface area contributed by atoms with E-state index in [1.807, 2.05) is 0 Å². The maximum absolute atomic E-state index is 10.5. The third-order valence-electron chi connectivity index (χ3n) is 0.890. The zero-order valence-corrected chi connectivity index (χ0v) is 5.10. The van der Waals surface area contributed by atoms with Crippen molar-refractivity contribution in [3.05, 3.63) is 0 Å². The van der Waals surface area contributed by atoms with Crippen LogP contribution in [0.15, 0.2) is 0 Å². The van der Waals surface area contributed by atoms with Gasteiger partial charge < -0.3 is 0 Å². The molecule has 0 bridgehead atoms. The van der Waals surface area contributed by atoms with Crippen molar-refractivity contribution in [1.29, 1.82) is 0 Å². The van der Waals surface area contributed by atoms with E-state index in [0.29, 0.717) is 0 Å². The maximum Gasteiger partial charge on any atom is 0.206 e. The van der Waals surface area contributed by atoms with Crippen molar-refractivity contribution in [2.75, 3.05) is 0 Å². The fourth-order valence-electron chi connectivity index (χ4n) is 0.275. The van der Waals surface area contributed by atoms with Gasteiger partial charge in [0, 0.05) is 5.92 Å². The molecule has 0 saturated heterocycles. The summed E-state index contributed by atoms with van der Waals surface area (Å²) in [7, 11) is 0. The third kappa shape index (κ3) is 2.50. The van der Waals surface area contributed by atoms with Gasteiger partial charge in [0.1, 0.15) is 5.78 Å². The van der Waals surface area contributed by atoms with Crippen molar-refractivity contribution >= 4 is 12.1 Å². The molecule has 0 unspecified atom stereocenters. The zero-order chi connectivity index (χ0) is 6.57. The average Bonchev–Trinajstić information content (AvgIpc) is 1.67. The molecule has 0 aromatic carbocycles. The number of carbonyl (C=O) groups is 1. The maximum atomic E-state index is 10.5. The predicted molar refractivity (Wildman–Crippen MR) is 30.2 cm³/mol. The molecule has 0 spiro atoms. The van der Waals surface area contributed by atoms with E-state index in [2.05, 4.69) is 0 Å². The summed E-state index contributed by atoms with van der Waals surface area (Å²) in [6.07, 6.45) is 1.49. The highest BCUT2D eigenvalue weighted by Gasteiger charge is 2.04. The van der Waals surface area contributed by atoms with E-state index >= 15 is 0 Å². The van der Waals surface area contributed by atoms with E-state index in [1.54, 1.807) is 20.1 Å². The number of hydrogen-bond acceptors (Lipinski definition) is 2. The van der Waals surface area contributed by atoms with Gasteiger partial charge in [-0.1, -0.05) is 13.8 Å². The van der Waals surface area contributed by atoms with E-state index in [1.165, 1.54) is 0 Å². The molecule has 0 aliphatic heterocycles. The third-order valence-corrected chi connectivity index (χ3v) is 0.890. The Morgan fingerprint density at radius 1 is 1.62 bits per heavy atom. The molecule has 2 nitrogen and oxygen atoms in total. The number of Topliss-reactive ketones (excluding diaryl/α,β-unsaturated/α-hetero) is 1. The molecule has 8 heavy (non-hydrogen) atoms. The Bertz CT molecular complexity index is 94.7. The molecule has 2 heteroatoms. The highest BCUT2D eigenvalue weighted by molar-refractivity contribution is 5.91. The minimum atomic E-state index is -0.0579. The van der Waals surface area contributed by atoms with E-state index in [4.69, 9.17) is 0 Å².